The van der Waals surface area contributed by atoms with Gasteiger partial charge in [0.2, 0.25) is 0 Å². The SMILES string of the molecule is CC(Nc1ncc(Cl)cc1Br)C1CCOCC1. The van der Waals surface area contributed by atoms with Gasteiger partial charge in [-0.25, -0.2) is 4.98 Å². The van der Waals surface area contributed by atoms with Crippen LogP contribution in [0.4, 0.5) is 5.82 Å². The van der Waals surface area contributed by atoms with E-state index in [0.29, 0.717) is 17.0 Å². The molecule has 1 atom stereocenters. The van der Waals surface area contributed by atoms with Gasteiger partial charge in [-0.05, 0) is 47.7 Å². The molecule has 0 bridgehead atoms. The van der Waals surface area contributed by atoms with Crippen molar-refractivity contribution >= 4 is 33.3 Å². The molecule has 17 heavy (non-hydrogen) atoms. The van der Waals surface area contributed by atoms with Crippen LogP contribution in [0.2, 0.25) is 5.02 Å². The Morgan fingerprint density at radius 3 is 2.88 bits per heavy atom. The van der Waals surface area contributed by atoms with Gasteiger partial charge >= 0.3 is 0 Å². The molecule has 1 fully saturated rings. The molecular formula is C12H16BrClN2O. The number of hydrogen-bond acceptors (Lipinski definition) is 3. The first-order chi connectivity index (χ1) is 8.16. The minimum absolute atomic E-state index is 0.392. The molecule has 94 valence electrons. The Morgan fingerprint density at radius 2 is 2.24 bits per heavy atom. The Bertz CT molecular complexity index is 383. The topological polar surface area (TPSA) is 34.2 Å². The summed E-state index contributed by atoms with van der Waals surface area (Å²) in [6, 6.07) is 2.25. The predicted octanol–water partition coefficient (Wildman–Crippen LogP) is 3.72. The second kappa shape index (κ2) is 6.03. The first-order valence-electron chi connectivity index (χ1n) is 5.82. The quantitative estimate of drug-likeness (QED) is 0.922. The minimum Gasteiger partial charge on any atom is -0.381 e. The number of halogens is 2. The Kier molecular flexibility index (Phi) is 4.65. The molecule has 0 spiro atoms. The molecule has 2 rings (SSSR count). The standard InChI is InChI=1S/C12H16BrClN2O/c1-8(9-2-4-17-5-3-9)16-12-11(13)6-10(14)7-15-12/h6-9H,2-5H2,1H3,(H,15,16). The third kappa shape index (κ3) is 3.57. The number of aromatic nitrogens is 1. The number of nitrogens with zero attached hydrogens (tertiary/aromatic N) is 1. The molecule has 1 saturated heterocycles. The molecule has 0 aromatic carbocycles. The Balaban J connectivity index is 1.99. The highest BCUT2D eigenvalue weighted by molar-refractivity contribution is 9.10. The van der Waals surface area contributed by atoms with E-state index >= 15 is 0 Å². The third-order valence-corrected chi connectivity index (χ3v) is 3.96. The lowest BCUT2D eigenvalue weighted by Crippen LogP contribution is -2.31. The number of rotatable bonds is 3. The Labute approximate surface area is 115 Å². The average Bonchev–Trinajstić information content (AvgIpc) is 2.34. The van der Waals surface area contributed by atoms with Gasteiger partial charge in [0.05, 0.1) is 9.50 Å². The summed E-state index contributed by atoms with van der Waals surface area (Å²) in [7, 11) is 0. The number of anilines is 1. The van der Waals surface area contributed by atoms with E-state index in [1.165, 1.54) is 0 Å². The van der Waals surface area contributed by atoms with Crippen LogP contribution in [0.1, 0.15) is 19.8 Å². The maximum atomic E-state index is 5.87. The molecule has 5 heteroatoms. The number of nitrogens with one attached hydrogen (secondary N) is 1. The summed E-state index contributed by atoms with van der Waals surface area (Å²) in [5.41, 5.74) is 0. The zero-order valence-corrected chi connectivity index (χ0v) is 12.1. The third-order valence-electron chi connectivity index (χ3n) is 3.15. The van der Waals surface area contributed by atoms with Crippen molar-refractivity contribution in [3.8, 4) is 0 Å². The predicted molar refractivity (Wildman–Crippen MR) is 73.6 cm³/mol. The van der Waals surface area contributed by atoms with Gasteiger partial charge in [-0.2, -0.15) is 0 Å². The van der Waals surface area contributed by atoms with E-state index in [2.05, 4.69) is 33.2 Å². The van der Waals surface area contributed by atoms with Crippen LogP contribution in [0.25, 0.3) is 0 Å². The second-order valence-electron chi connectivity index (χ2n) is 4.37. The highest BCUT2D eigenvalue weighted by Gasteiger charge is 2.21. The van der Waals surface area contributed by atoms with Crippen LogP contribution in [0.3, 0.4) is 0 Å². The van der Waals surface area contributed by atoms with Gasteiger partial charge in [0.1, 0.15) is 5.82 Å². The molecule has 1 N–H and O–H groups in total. The van der Waals surface area contributed by atoms with Crippen LogP contribution in [-0.4, -0.2) is 24.2 Å². The van der Waals surface area contributed by atoms with Crippen LogP contribution in [0, 0.1) is 5.92 Å². The summed E-state index contributed by atoms with van der Waals surface area (Å²) >= 11 is 9.33. The summed E-state index contributed by atoms with van der Waals surface area (Å²) in [4.78, 5) is 4.29. The Morgan fingerprint density at radius 1 is 1.53 bits per heavy atom. The van der Waals surface area contributed by atoms with Gasteiger partial charge in [-0.3, -0.25) is 0 Å². The van der Waals surface area contributed by atoms with Crippen molar-refractivity contribution in [2.24, 2.45) is 5.92 Å². The maximum Gasteiger partial charge on any atom is 0.140 e. The molecule has 2 heterocycles. The van der Waals surface area contributed by atoms with Gasteiger partial charge in [0.15, 0.2) is 0 Å². The molecule has 1 aromatic rings. The largest absolute Gasteiger partial charge is 0.381 e. The second-order valence-corrected chi connectivity index (χ2v) is 5.66. The smallest absolute Gasteiger partial charge is 0.140 e. The molecule has 0 amide bonds. The molecule has 1 aliphatic heterocycles. The zero-order chi connectivity index (χ0) is 12.3. The van der Waals surface area contributed by atoms with Crippen molar-refractivity contribution < 1.29 is 4.74 Å². The zero-order valence-electron chi connectivity index (χ0n) is 9.75. The number of pyridine rings is 1. The van der Waals surface area contributed by atoms with E-state index in [9.17, 15) is 0 Å². The summed E-state index contributed by atoms with van der Waals surface area (Å²) in [5.74, 6) is 1.50. The van der Waals surface area contributed by atoms with E-state index < -0.39 is 0 Å². The lowest BCUT2D eigenvalue weighted by atomic mass is 9.93. The van der Waals surface area contributed by atoms with Gasteiger partial charge in [0, 0.05) is 25.5 Å². The molecule has 1 unspecified atom stereocenters. The van der Waals surface area contributed by atoms with E-state index in [4.69, 9.17) is 16.3 Å². The monoisotopic (exact) mass is 318 g/mol. The molecule has 0 radical (unpaired) electrons. The van der Waals surface area contributed by atoms with Crippen LogP contribution in [0.15, 0.2) is 16.7 Å². The molecule has 0 saturated carbocycles. The van der Waals surface area contributed by atoms with Crippen molar-refractivity contribution in [3.05, 3.63) is 21.8 Å². The van der Waals surface area contributed by atoms with Gasteiger partial charge in [-0.1, -0.05) is 11.6 Å². The van der Waals surface area contributed by atoms with Crippen LogP contribution in [0.5, 0.6) is 0 Å². The lowest BCUT2D eigenvalue weighted by Gasteiger charge is -2.28. The van der Waals surface area contributed by atoms with Crippen molar-refractivity contribution in [1.82, 2.24) is 4.98 Å². The van der Waals surface area contributed by atoms with E-state index in [0.717, 1.165) is 36.3 Å². The van der Waals surface area contributed by atoms with Crippen LogP contribution < -0.4 is 5.32 Å². The van der Waals surface area contributed by atoms with Crippen molar-refractivity contribution in [2.45, 2.75) is 25.8 Å². The normalized spacial score (nSPS) is 19.0. The van der Waals surface area contributed by atoms with Crippen LogP contribution >= 0.6 is 27.5 Å². The van der Waals surface area contributed by atoms with Crippen LogP contribution in [-0.2, 0) is 4.74 Å². The maximum absolute atomic E-state index is 5.87. The lowest BCUT2D eigenvalue weighted by molar-refractivity contribution is 0.0622. The number of hydrogen-bond donors (Lipinski definition) is 1. The summed E-state index contributed by atoms with van der Waals surface area (Å²) < 4.78 is 6.28. The fourth-order valence-corrected chi connectivity index (χ4v) is 2.82. The van der Waals surface area contributed by atoms with Gasteiger partial charge < -0.3 is 10.1 Å². The van der Waals surface area contributed by atoms with Crippen molar-refractivity contribution in [2.75, 3.05) is 18.5 Å². The summed E-state index contributed by atoms with van der Waals surface area (Å²) in [6.07, 6.45) is 3.88. The van der Waals surface area contributed by atoms with Gasteiger partial charge in [-0.15, -0.1) is 0 Å². The van der Waals surface area contributed by atoms with Crippen molar-refractivity contribution in [1.29, 1.82) is 0 Å². The van der Waals surface area contributed by atoms with E-state index in [-0.39, 0.29) is 0 Å². The molecular weight excluding hydrogens is 304 g/mol. The highest BCUT2D eigenvalue weighted by Crippen LogP contribution is 2.26. The Hall–Kier alpha value is -0.320. The average molecular weight is 320 g/mol. The van der Waals surface area contributed by atoms with Crippen molar-refractivity contribution in [3.63, 3.8) is 0 Å². The minimum atomic E-state index is 0.392. The summed E-state index contributed by atoms with van der Waals surface area (Å²) in [5, 5.41) is 4.07. The van der Waals surface area contributed by atoms with E-state index in [1.807, 2.05) is 6.07 Å². The highest BCUT2D eigenvalue weighted by atomic mass is 79.9. The molecule has 1 aliphatic rings. The molecule has 0 aliphatic carbocycles. The first kappa shape index (κ1) is 13.1. The molecule has 3 nitrogen and oxygen atoms in total. The first-order valence-corrected chi connectivity index (χ1v) is 6.99. The van der Waals surface area contributed by atoms with E-state index in [1.54, 1.807) is 6.20 Å². The fourth-order valence-electron chi connectivity index (χ4n) is 2.07. The number of ether oxygens (including phenoxy) is 1. The molecule has 1 aromatic heterocycles. The summed E-state index contributed by atoms with van der Waals surface area (Å²) in [6.45, 7) is 3.93. The van der Waals surface area contributed by atoms with Gasteiger partial charge in [0.25, 0.3) is 0 Å². The fraction of sp³-hybridized carbons (Fsp3) is 0.583.